The molecule has 2 unspecified atom stereocenters. The zero-order valence-electron chi connectivity index (χ0n) is 9.64. The third kappa shape index (κ3) is 3.18. The number of hydrogen-bond acceptors (Lipinski definition) is 3. The number of nitrogens with one attached hydrogen (secondary N) is 1. The quantitative estimate of drug-likeness (QED) is 0.760. The molecule has 0 saturated heterocycles. The molecular weight excluding hydrogens is 230 g/mol. The minimum Gasteiger partial charge on any atom is -0.480 e. The lowest BCUT2D eigenvalue weighted by Gasteiger charge is -2.21. The number of carboxylic acid groups (broad SMARTS) is 1. The van der Waals surface area contributed by atoms with Crippen molar-refractivity contribution in [3.8, 4) is 0 Å². The fraction of sp³-hybridized carbons (Fsp3) is 0.900. The summed E-state index contributed by atoms with van der Waals surface area (Å²) in [6.45, 7) is 2.99. The average Bonchev–Trinajstić information content (AvgIpc) is 2.68. The van der Waals surface area contributed by atoms with Crippen LogP contribution >= 0.6 is 0 Å². The van der Waals surface area contributed by atoms with Crippen molar-refractivity contribution in [1.82, 2.24) is 4.72 Å². The lowest BCUT2D eigenvalue weighted by Crippen LogP contribution is -2.44. The van der Waals surface area contributed by atoms with Gasteiger partial charge in [0.15, 0.2) is 5.25 Å². The first-order chi connectivity index (χ1) is 7.34. The molecule has 5 nitrogen and oxygen atoms in total. The van der Waals surface area contributed by atoms with Crippen LogP contribution in [-0.4, -0.2) is 30.8 Å². The first-order valence-electron chi connectivity index (χ1n) is 5.58. The molecule has 1 fully saturated rings. The standard InChI is InChI=1S/C10H19NO4S/c1-7(9-5-3-4-6-9)11-16(14,15)8(2)10(12)13/h7-9,11H,3-6H2,1-2H3,(H,12,13). The summed E-state index contributed by atoms with van der Waals surface area (Å²) in [5.74, 6) is -0.970. The maximum Gasteiger partial charge on any atom is 0.323 e. The van der Waals surface area contributed by atoms with Crippen LogP contribution in [0.3, 0.4) is 0 Å². The summed E-state index contributed by atoms with van der Waals surface area (Å²) in [4.78, 5) is 10.6. The van der Waals surface area contributed by atoms with Gasteiger partial charge in [-0.2, -0.15) is 0 Å². The molecule has 0 radical (unpaired) electrons. The van der Waals surface area contributed by atoms with Crippen molar-refractivity contribution in [3.63, 3.8) is 0 Å². The third-order valence-corrected chi connectivity index (χ3v) is 5.10. The van der Waals surface area contributed by atoms with Gasteiger partial charge >= 0.3 is 5.97 Å². The molecule has 2 N–H and O–H groups in total. The van der Waals surface area contributed by atoms with Crippen molar-refractivity contribution in [3.05, 3.63) is 0 Å². The van der Waals surface area contributed by atoms with Crippen LogP contribution in [0.25, 0.3) is 0 Å². The molecule has 16 heavy (non-hydrogen) atoms. The summed E-state index contributed by atoms with van der Waals surface area (Å²) >= 11 is 0. The van der Waals surface area contributed by atoms with E-state index in [1.165, 1.54) is 6.92 Å². The fourth-order valence-electron chi connectivity index (χ4n) is 2.05. The van der Waals surface area contributed by atoms with Gasteiger partial charge in [0, 0.05) is 6.04 Å². The lowest BCUT2D eigenvalue weighted by atomic mass is 10.0. The molecule has 0 aromatic heterocycles. The minimum atomic E-state index is -3.75. The van der Waals surface area contributed by atoms with Gasteiger partial charge in [-0.05, 0) is 32.6 Å². The second-order valence-electron chi connectivity index (χ2n) is 4.48. The van der Waals surface area contributed by atoms with E-state index in [0.717, 1.165) is 25.7 Å². The van der Waals surface area contributed by atoms with E-state index in [0.29, 0.717) is 5.92 Å². The van der Waals surface area contributed by atoms with Gasteiger partial charge in [-0.1, -0.05) is 12.8 Å². The Balaban J connectivity index is 2.61. The SMILES string of the molecule is CC(NS(=O)(=O)C(C)C(=O)O)C1CCCC1. The molecule has 0 aromatic rings. The Morgan fingerprint density at radius 3 is 2.25 bits per heavy atom. The van der Waals surface area contributed by atoms with E-state index in [4.69, 9.17) is 5.11 Å². The first kappa shape index (κ1) is 13.4. The summed E-state index contributed by atoms with van der Waals surface area (Å²) < 4.78 is 25.8. The van der Waals surface area contributed by atoms with E-state index in [2.05, 4.69) is 4.72 Å². The number of hydrogen-bond donors (Lipinski definition) is 2. The van der Waals surface area contributed by atoms with Gasteiger partial charge in [0.25, 0.3) is 0 Å². The van der Waals surface area contributed by atoms with E-state index in [1.807, 2.05) is 6.92 Å². The number of sulfonamides is 1. The van der Waals surface area contributed by atoms with Gasteiger partial charge in [-0.25, -0.2) is 13.1 Å². The molecule has 1 aliphatic carbocycles. The molecule has 0 spiro atoms. The van der Waals surface area contributed by atoms with Gasteiger partial charge in [0.2, 0.25) is 10.0 Å². The van der Waals surface area contributed by atoms with Gasteiger partial charge in [-0.3, -0.25) is 4.79 Å². The topological polar surface area (TPSA) is 83.5 Å². The Kier molecular flexibility index (Phi) is 4.32. The molecule has 94 valence electrons. The highest BCUT2D eigenvalue weighted by atomic mass is 32.2. The van der Waals surface area contributed by atoms with Crippen LogP contribution in [0.15, 0.2) is 0 Å². The summed E-state index contributed by atoms with van der Waals surface area (Å²) in [5.41, 5.74) is 0. The van der Waals surface area contributed by atoms with Gasteiger partial charge in [-0.15, -0.1) is 0 Å². The van der Waals surface area contributed by atoms with E-state index >= 15 is 0 Å². The number of rotatable bonds is 5. The second kappa shape index (κ2) is 5.14. The predicted molar refractivity (Wildman–Crippen MR) is 60.6 cm³/mol. The molecular formula is C10H19NO4S. The third-order valence-electron chi connectivity index (χ3n) is 3.27. The zero-order chi connectivity index (χ0) is 12.3. The molecule has 6 heteroatoms. The summed E-state index contributed by atoms with van der Waals surface area (Å²) in [5, 5.41) is 7.28. The number of carboxylic acids is 1. The van der Waals surface area contributed by atoms with Gasteiger partial charge < -0.3 is 5.11 Å². The Morgan fingerprint density at radius 1 is 1.31 bits per heavy atom. The Hall–Kier alpha value is -0.620. The van der Waals surface area contributed by atoms with Crippen LogP contribution in [-0.2, 0) is 14.8 Å². The maximum absolute atomic E-state index is 11.6. The van der Waals surface area contributed by atoms with Crippen molar-refractivity contribution in [2.75, 3.05) is 0 Å². The number of aliphatic carboxylic acids is 1. The first-order valence-corrected chi connectivity index (χ1v) is 7.13. The van der Waals surface area contributed by atoms with Gasteiger partial charge in [0.1, 0.15) is 0 Å². The van der Waals surface area contributed by atoms with E-state index in [9.17, 15) is 13.2 Å². The van der Waals surface area contributed by atoms with Crippen LogP contribution in [0, 0.1) is 5.92 Å². The van der Waals surface area contributed by atoms with Crippen molar-refractivity contribution in [1.29, 1.82) is 0 Å². The molecule has 0 heterocycles. The predicted octanol–water partition coefficient (Wildman–Crippen LogP) is 0.958. The monoisotopic (exact) mass is 249 g/mol. The van der Waals surface area contributed by atoms with Gasteiger partial charge in [0.05, 0.1) is 0 Å². The van der Waals surface area contributed by atoms with Crippen molar-refractivity contribution in [2.45, 2.75) is 50.8 Å². The lowest BCUT2D eigenvalue weighted by molar-refractivity contribution is -0.136. The molecule has 0 aromatic carbocycles. The molecule has 0 bridgehead atoms. The Labute approximate surface area is 96.3 Å². The van der Waals surface area contributed by atoms with Crippen LogP contribution in [0.4, 0.5) is 0 Å². The molecule has 2 atom stereocenters. The van der Waals surface area contributed by atoms with Crippen molar-refractivity contribution < 1.29 is 18.3 Å². The Bertz CT molecular complexity index is 346. The highest BCUT2D eigenvalue weighted by Gasteiger charge is 2.31. The molecule has 0 aliphatic heterocycles. The van der Waals surface area contributed by atoms with E-state index in [-0.39, 0.29) is 6.04 Å². The fourth-order valence-corrected chi connectivity index (χ4v) is 3.23. The highest BCUT2D eigenvalue weighted by Crippen LogP contribution is 2.27. The van der Waals surface area contributed by atoms with Crippen molar-refractivity contribution >= 4 is 16.0 Å². The Morgan fingerprint density at radius 2 is 1.81 bits per heavy atom. The summed E-state index contributed by atoms with van der Waals surface area (Å²) in [7, 11) is -3.75. The van der Waals surface area contributed by atoms with Crippen molar-refractivity contribution in [2.24, 2.45) is 5.92 Å². The highest BCUT2D eigenvalue weighted by molar-refractivity contribution is 7.90. The normalized spacial score (nSPS) is 21.9. The van der Waals surface area contributed by atoms with Crippen LogP contribution in [0.1, 0.15) is 39.5 Å². The number of carbonyl (C=O) groups is 1. The van der Waals surface area contributed by atoms with Crippen LogP contribution in [0.5, 0.6) is 0 Å². The zero-order valence-corrected chi connectivity index (χ0v) is 10.5. The average molecular weight is 249 g/mol. The minimum absolute atomic E-state index is 0.172. The van der Waals surface area contributed by atoms with Crippen LogP contribution in [0.2, 0.25) is 0 Å². The second-order valence-corrected chi connectivity index (χ2v) is 6.51. The summed E-state index contributed by atoms with van der Waals surface area (Å²) in [6, 6.07) is -0.172. The molecule has 1 saturated carbocycles. The largest absolute Gasteiger partial charge is 0.480 e. The summed E-state index contributed by atoms with van der Waals surface area (Å²) in [6.07, 6.45) is 4.30. The molecule has 1 rings (SSSR count). The maximum atomic E-state index is 11.6. The van der Waals surface area contributed by atoms with Crippen LogP contribution < -0.4 is 4.72 Å². The smallest absolute Gasteiger partial charge is 0.323 e. The van der Waals surface area contributed by atoms with E-state index in [1.54, 1.807) is 0 Å². The molecule has 0 amide bonds. The molecule has 1 aliphatic rings. The van der Waals surface area contributed by atoms with E-state index < -0.39 is 21.2 Å².